The summed E-state index contributed by atoms with van der Waals surface area (Å²) in [6.07, 6.45) is 0. The molecular formula is C8H14ClNO. The van der Waals surface area contributed by atoms with Crippen molar-refractivity contribution in [3.63, 3.8) is 0 Å². The summed E-state index contributed by atoms with van der Waals surface area (Å²) in [5.74, 6) is 1.94. The number of halogens is 1. The van der Waals surface area contributed by atoms with Gasteiger partial charge in [0.1, 0.15) is 11.5 Å². The maximum absolute atomic E-state index is 5.50. The lowest BCUT2D eigenvalue weighted by Crippen LogP contribution is -1.97. The molecule has 0 aliphatic carbocycles. The maximum Gasteiger partial charge on any atom is 0.105 e. The van der Waals surface area contributed by atoms with Gasteiger partial charge in [-0.15, -0.1) is 12.4 Å². The molecule has 0 aliphatic heterocycles. The number of nitrogens with two attached hydrogens (primary N) is 1. The van der Waals surface area contributed by atoms with Gasteiger partial charge in [0.2, 0.25) is 0 Å². The molecule has 11 heavy (non-hydrogen) atoms. The molecule has 1 aromatic heterocycles. The van der Waals surface area contributed by atoms with Crippen LogP contribution in [0.25, 0.3) is 0 Å². The van der Waals surface area contributed by atoms with Gasteiger partial charge in [0, 0.05) is 12.1 Å². The van der Waals surface area contributed by atoms with Crippen LogP contribution in [0.5, 0.6) is 0 Å². The zero-order chi connectivity index (χ0) is 7.72. The van der Waals surface area contributed by atoms with E-state index in [1.165, 1.54) is 5.56 Å². The quantitative estimate of drug-likeness (QED) is 0.710. The molecule has 0 saturated carbocycles. The first-order valence-corrected chi connectivity index (χ1v) is 3.42. The molecule has 0 aliphatic rings. The molecule has 0 amide bonds. The summed E-state index contributed by atoms with van der Waals surface area (Å²) >= 11 is 0. The summed E-state index contributed by atoms with van der Waals surface area (Å²) < 4.78 is 5.36. The van der Waals surface area contributed by atoms with E-state index < -0.39 is 0 Å². The molecule has 0 fully saturated rings. The predicted molar refractivity (Wildman–Crippen MR) is 48.1 cm³/mol. The summed E-state index contributed by atoms with van der Waals surface area (Å²) in [6, 6.07) is 0. The Labute approximate surface area is 73.2 Å². The highest BCUT2D eigenvalue weighted by Gasteiger charge is 2.07. The number of furan rings is 1. The van der Waals surface area contributed by atoms with Crippen LogP contribution in [0.1, 0.15) is 22.6 Å². The van der Waals surface area contributed by atoms with Gasteiger partial charge in [-0.2, -0.15) is 0 Å². The zero-order valence-corrected chi connectivity index (χ0v) is 7.92. The normalized spacial score (nSPS) is 9.45. The summed E-state index contributed by atoms with van der Waals surface area (Å²) in [7, 11) is 0. The fourth-order valence-corrected chi connectivity index (χ4v) is 1.14. The second-order valence-corrected chi connectivity index (χ2v) is 2.52. The van der Waals surface area contributed by atoms with E-state index in [1.54, 1.807) is 0 Å². The molecule has 64 valence electrons. The van der Waals surface area contributed by atoms with Crippen LogP contribution in [0, 0.1) is 20.8 Å². The highest BCUT2D eigenvalue weighted by atomic mass is 35.5. The lowest BCUT2D eigenvalue weighted by atomic mass is 10.1. The first kappa shape index (κ1) is 10.5. The number of hydrogen-bond acceptors (Lipinski definition) is 2. The standard InChI is InChI=1S/C8H13NO.ClH/c1-5-6(2)10-7(3)8(5)4-9;/h4,9H2,1-3H3;1H. The van der Waals surface area contributed by atoms with Crippen molar-refractivity contribution in [1.82, 2.24) is 0 Å². The first-order valence-electron chi connectivity index (χ1n) is 3.42. The largest absolute Gasteiger partial charge is 0.466 e. The first-order chi connectivity index (χ1) is 4.66. The Morgan fingerprint density at radius 1 is 1.18 bits per heavy atom. The molecule has 0 spiro atoms. The molecule has 1 aromatic rings. The fraction of sp³-hybridized carbons (Fsp3) is 0.500. The molecule has 0 saturated heterocycles. The van der Waals surface area contributed by atoms with Gasteiger partial charge in [-0.1, -0.05) is 0 Å². The van der Waals surface area contributed by atoms with Gasteiger partial charge in [-0.05, 0) is 26.3 Å². The number of rotatable bonds is 1. The third kappa shape index (κ3) is 1.76. The van der Waals surface area contributed by atoms with Crippen LogP contribution < -0.4 is 5.73 Å². The minimum atomic E-state index is 0. The Bertz CT molecular complexity index is 242. The van der Waals surface area contributed by atoms with Gasteiger partial charge in [-0.25, -0.2) is 0 Å². The molecule has 0 aromatic carbocycles. The monoisotopic (exact) mass is 175 g/mol. The third-order valence-electron chi connectivity index (χ3n) is 1.92. The van der Waals surface area contributed by atoms with Gasteiger partial charge in [0.05, 0.1) is 0 Å². The van der Waals surface area contributed by atoms with Gasteiger partial charge in [-0.3, -0.25) is 0 Å². The second kappa shape index (κ2) is 3.79. The average Bonchev–Trinajstić information content (AvgIpc) is 2.09. The molecule has 1 rings (SSSR count). The Hall–Kier alpha value is -0.470. The van der Waals surface area contributed by atoms with E-state index in [0.717, 1.165) is 17.1 Å². The van der Waals surface area contributed by atoms with E-state index in [-0.39, 0.29) is 12.4 Å². The predicted octanol–water partition coefficient (Wildman–Crippen LogP) is 2.09. The molecule has 0 unspecified atom stereocenters. The Morgan fingerprint density at radius 2 is 1.73 bits per heavy atom. The minimum absolute atomic E-state index is 0. The van der Waals surface area contributed by atoms with E-state index in [2.05, 4.69) is 0 Å². The van der Waals surface area contributed by atoms with Crippen molar-refractivity contribution in [3.05, 3.63) is 22.6 Å². The SMILES string of the molecule is Cc1oc(C)c(CN)c1C.Cl. The lowest BCUT2D eigenvalue weighted by Gasteiger charge is -1.92. The average molecular weight is 176 g/mol. The van der Waals surface area contributed by atoms with Gasteiger partial charge in [0.15, 0.2) is 0 Å². The third-order valence-corrected chi connectivity index (χ3v) is 1.92. The van der Waals surface area contributed by atoms with Gasteiger partial charge >= 0.3 is 0 Å². The highest BCUT2D eigenvalue weighted by molar-refractivity contribution is 5.85. The summed E-state index contributed by atoms with van der Waals surface area (Å²) in [6.45, 7) is 6.52. The van der Waals surface area contributed by atoms with Crippen LogP contribution >= 0.6 is 12.4 Å². The molecule has 2 N–H and O–H groups in total. The molecule has 2 nitrogen and oxygen atoms in total. The van der Waals surface area contributed by atoms with Crippen molar-refractivity contribution in [3.8, 4) is 0 Å². The van der Waals surface area contributed by atoms with Crippen molar-refractivity contribution in [2.45, 2.75) is 27.3 Å². The van der Waals surface area contributed by atoms with Crippen LogP contribution in [-0.2, 0) is 6.54 Å². The molecule has 0 bridgehead atoms. The van der Waals surface area contributed by atoms with E-state index in [0.29, 0.717) is 6.54 Å². The second-order valence-electron chi connectivity index (χ2n) is 2.52. The van der Waals surface area contributed by atoms with Crippen molar-refractivity contribution >= 4 is 12.4 Å². The van der Waals surface area contributed by atoms with Crippen LogP contribution in [-0.4, -0.2) is 0 Å². The highest BCUT2D eigenvalue weighted by Crippen LogP contribution is 2.19. The van der Waals surface area contributed by atoms with E-state index in [1.807, 2.05) is 20.8 Å². The zero-order valence-electron chi connectivity index (χ0n) is 7.10. The summed E-state index contributed by atoms with van der Waals surface area (Å²) in [5.41, 5.74) is 7.85. The Morgan fingerprint density at radius 3 is 1.91 bits per heavy atom. The molecule has 3 heteroatoms. The van der Waals surface area contributed by atoms with Gasteiger partial charge < -0.3 is 10.2 Å². The van der Waals surface area contributed by atoms with Gasteiger partial charge in [0.25, 0.3) is 0 Å². The van der Waals surface area contributed by atoms with Crippen LogP contribution in [0.15, 0.2) is 4.42 Å². The lowest BCUT2D eigenvalue weighted by molar-refractivity contribution is 0.500. The van der Waals surface area contributed by atoms with Crippen LogP contribution in [0.3, 0.4) is 0 Å². The fourth-order valence-electron chi connectivity index (χ4n) is 1.14. The van der Waals surface area contributed by atoms with Crippen LogP contribution in [0.2, 0.25) is 0 Å². The van der Waals surface area contributed by atoms with Crippen molar-refractivity contribution < 1.29 is 4.42 Å². The minimum Gasteiger partial charge on any atom is -0.466 e. The molecule has 1 heterocycles. The van der Waals surface area contributed by atoms with Crippen molar-refractivity contribution in [1.29, 1.82) is 0 Å². The van der Waals surface area contributed by atoms with Crippen molar-refractivity contribution in [2.24, 2.45) is 5.73 Å². The number of hydrogen-bond donors (Lipinski definition) is 1. The number of aryl methyl sites for hydroxylation is 2. The van der Waals surface area contributed by atoms with E-state index >= 15 is 0 Å². The Balaban J connectivity index is 0.000001000. The van der Waals surface area contributed by atoms with E-state index in [4.69, 9.17) is 10.2 Å². The Kier molecular flexibility index (Phi) is 3.63. The van der Waals surface area contributed by atoms with E-state index in [9.17, 15) is 0 Å². The van der Waals surface area contributed by atoms with Crippen LogP contribution in [0.4, 0.5) is 0 Å². The summed E-state index contributed by atoms with van der Waals surface area (Å²) in [5, 5.41) is 0. The summed E-state index contributed by atoms with van der Waals surface area (Å²) in [4.78, 5) is 0. The maximum atomic E-state index is 5.50. The molecular weight excluding hydrogens is 162 g/mol. The van der Waals surface area contributed by atoms with Crippen molar-refractivity contribution in [2.75, 3.05) is 0 Å². The topological polar surface area (TPSA) is 39.2 Å². The smallest absolute Gasteiger partial charge is 0.105 e. The molecule has 0 atom stereocenters. The molecule has 0 radical (unpaired) electrons.